The van der Waals surface area contributed by atoms with Crippen LogP contribution in [0.15, 0.2) is 109 Å². The minimum atomic E-state index is 0.721. The SMILES string of the molecule is Nc1ccc(Oc2ccc(N(c3ccccc3)c3ccccc3)cc2)cc1. The van der Waals surface area contributed by atoms with Gasteiger partial charge in [-0.05, 0) is 72.8 Å². The van der Waals surface area contributed by atoms with Gasteiger partial charge in [0.15, 0.2) is 0 Å². The van der Waals surface area contributed by atoms with Gasteiger partial charge < -0.3 is 15.4 Å². The lowest BCUT2D eigenvalue weighted by molar-refractivity contribution is 0.483. The molecule has 0 saturated heterocycles. The maximum atomic E-state index is 5.91. The van der Waals surface area contributed by atoms with Crippen LogP contribution >= 0.6 is 0 Å². The third kappa shape index (κ3) is 3.93. The Morgan fingerprint density at radius 2 is 0.889 bits per heavy atom. The Morgan fingerprint density at radius 1 is 0.481 bits per heavy atom. The van der Waals surface area contributed by atoms with Crippen molar-refractivity contribution in [1.29, 1.82) is 0 Å². The van der Waals surface area contributed by atoms with Gasteiger partial charge in [0.1, 0.15) is 11.5 Å². The minimum absolute atomic E-state index is 0.721. The lowest BCUT2D eigenvalue weighted by atomic mass is 10.2. The molecule has 4 aromatic carbocycles. The lowest BCUT2D eigenvalue weighted by Gasteiger charge is -2.25. The summed E-state index contributed by atoms with van der Waals surface area (Å²) >= 11 is 0. The molecule has 0 atom stereocenters. The summed E-state index contributed by atoms with van der Waals surface area (Å²) in [5, 5.41) is 0. The van der Waals surface area contributed by atoms with E-state index >= 15 is 0 Å². The van der Waals surface area contributed by atoms with Gasteiger partial charge in [0.2, 0.25) is 0 Å². The maximum absolute atomic E-state index is 5.91. The Bertz CT molecular complexity index is 942. The predicted molar refractivity (Wildman–Crippen MR) is 112 cm³/mol. The molecule has 4 rings (SSSR count). The third-order valence-corrected chi connectivity index (χ3v) is 4.24. The summed E-state index contributed by atoms with van der Waals surface area (Å²) in [5.41, 5.74) is 9.73. The average molecular weight is 352 g/mol. The summed E-state index contributed by atoms with van der Waals surface area (Å²) in [6.45, 7) is 0. The topological polar surface area (TPSA) is 38.5 Å². The van der Waals surface area contributed by atoms with E-state index in [0.29, 0.717) is 0 Å². The molecule has 132 valence electrons. The van der Waals surface area contributed by atoms with Crippen molar-refractivity contribution in [3.05, 3.63) is 109 Å². The highest BCUT2D eigenvalue weighted by atomic mass is 16.5. The number of nitrogens with two attached hydrogens (primary N) is 1. The van der Waals surface area contributed by atoms with Crippen molar-refractivity contribution < 1.29 is 4.74 Å². The molecule has 0 heterocycles. The van der Waals surface area contributed by atoms with Crippen LogP contribution in [-0.4, -0.2) is 0 Å². The molecule has 0 aromatic heterocycles. The van der Waals surface area contributed by atoms with Crippen molar-refractivity contribution in [2.45, 2.75) is 0 Å². The van der Waals surface area contributed by atoms with Crippen molar-refractivity contribution in [1.82, 2.24) is 0 Å². The highest BCUT2D eigenvalue weighted by Gasteiger charge is 2.11. The number of para-hydroxylation sites is 2. The molecule has 0 unspecified atom stereocenters. The zero-order valence-corrected chi connectivity index (χ0v) is 14.8. The number of ether oxygens (including phenoxy) is 1. The largest absolute Gasteiger partial charge is 0.457 e. The van der Waals surface area contributed by atoms with Gasteiger partial charge in [0, 0.05) is 22.7 Å². The van der Waals surface area contributed by atoms with Crippen molar-refractivity contribution in [2.24, 2.45) is 0 Å². The Labute approximate surface area is 159 Å². The number of nitrogens with zero attached hydrogens (tertiary/aromatic N) is 1. The van der Waals surface area contributed by atoms with Gasteiger partial charge in [-0.1, -0.05) is 36.4 Å². The molecule has 0 aliphatic rings. The van der Waals surface area contributed by atoms with Crippen molar-refractivity contribution in [3.63, 3.8) is 0 Å². The van der Waals surface area contributed by atoms with Gasteiger partial charge in [0.05, 0.1) is 0 Å². The molecule has 4 aromatic rings. The summed E-state index contributed by atoms with van der Waals surface area (Å²) in [4.78, 5) is 2.22. The fourth-order valence-electron chi connectivity index (χ4n) is 2.94. The van der Waals surface area contributed by atoms with Crippen molar-refractivity contribution in [2.75, 3.05) is 10.6 Å². The van der Waals surface area contributed by atoms with E-state index in [0.717, 1.165) is 34.2 Å². The second-order valence-corrected chi connectivity index (χ2v) is 6.17. The lowest BCUT2D eigenvalue weighted by Crippen LogP contribution is -2.09. The van der Waals surface area contributed by atoms with Crippen molar-refractivity contribution >= 4 is 22.7 Å². The minimum Gasteiger partial charge on any atom is -0.457 e. The van der Waals surface area contributed by atoms with E-state index in [2.05, 4.69) is 41.3 Å². The first-order valence-electron chi connectivity index (χ1n) is 8.83. The first kappa shape index (κ1) is 16.7. The highest BCUT2D eigenvalue weighted by molar-refractivity contribution is 5.76. The summed E-state index contributed by atoms with van der Waals surface area (Å²) < 4.78 is 5.91. The molecule has 0 radical (unpaired) electrons. The molecule has 0 saturated carbocycles. The summed E-state index contributed by atoms with van der Waals surface area (Å²) in [5.74, 6) is 1.55. The number of benzene rings is 4. The fourth-order valence-corrected chi connectivity index (χ4v) is 2.94. The molecule has 27 heavy (non-hydrogen) atoms. The second-order valence-electron chi connectivity index (χ2n) is 6.17. The van der Waals surface area contributed by atoms with E-state index < -0.39 is 0 Å². The van der Waals surface area contributed by atoms with E-state index in [9.17, 15) is 0 Å². The normalized spacial score (nSPS) is 10.4. The molecule has 2 N–H and O–H groups in total. The van der Waals surface area contributed by atoms with Crippen molar-refractivity contribution in [3.8, 4) is 11.5 Å². The maximum Gasteiger partial charge on any atom is 0.127 e. The Balaban J connectivity index is 1.64. The quantitative estimate of drug-likeness (QED) is 0.415. The first-order valence-corrected chi connectivity index (χ1v) is 8.83. The van der Waals surface area contributed by atoms with Gasteiger partial charge in [0.25, 0.3) is 0 Å². The van der Waals surface area contributed by atoms with Crippen LogP contribution in [0, 0.1) is 0 Å². The fraction of sp³-hybridized carbons (Fsp3) is 0. The van der Waals surface area contributed by atoms with Crippen LogP contribution in [0.25, 0.3) is 0 Å². The zero-order valence-electron chi connectivity index (χ0n) is 14.8. The zero-order chi connectivity index (χ0) is 18.5. The Hall–Kier alpha value is -3.72. The molecule has 0 spiro atoms. The number of anilines is 4. The summed E-state index contributed by atoms with van der Waals surface area (Å²) in [6, 6.07) is 36.1. The standard InChI is InChI=1S/C24H20N2O/c25-19-11-15-23(16-12-19)27-24-17-13-22(14-18-24)26(20-7-3-1-4-8-20)21-9-5-2-6-10-21/h1-18H,25H2. The second kappa shape index (κ2) is 7.67. The molecule has 0 bridgehead atoms. The van der Waals surface area contributed by atoms with Gasteiger partial charge in [-0.25, -0.2) is 0 Å². The van der Waals surface area contributed by atoms with Crippen LogP contribution in [0.1, 0.15) is 0 Å². The van der Waals surface area contributed by atoms with E-state index in [4.69, 9.17) is 10.5 Å². The molecule has 3 heteroatoms. The van der Waals surface area contributed by atoms with Gasteiger partial charge in [-0.2, -0.15) is 0 Å². The molecular weight excluding hydrogens is 332 g/mol. The van der Waals surface area contributed by atoms with Crippen LogP contribution in [0.2, 0.25) is 0 Å². The van der Waals surface area contributed by atoms with Crippen LogP contribution in [0.3, 0.4) is 0 Å². The number of rotatable bonds is 5. The third-order valence-electron chi connectivity index (χ3n) is 4.24. The van der Waals surface area contributed by atoms with E-state index in [1.165, 1.54) is 0 Å². The average Bonchev–Trinajstić information content (AvgIpc) is 2.73. The molecule has 0 aliphatic heterocycles. The molecule has 0 amide bonds. The number of hydrogen-bond acceptors (Lipinski definition) is 3. The van der Waals surface area contributed by atoms with Gasteiger partial charge >= 0.3 is 0 Å². The highest BCUT2D eigenvalue weighted by Crippen LogP contribution is 2.35. The molecule has 0 fully saturated rings. The molecular formula is C24H20N2O. The van der Waals surface area contributed by atoms with Crippen LogP contribution < -0.4 is 15.4 Å². The number of hydrogen-bond donors (Lipinski definition) is 1. The van der Waals surface area contributed by atoms with Crippen LogP contribution in [0.4, 0.5) is 22.7 Å². The van der Waals surface area contributed by atoms with E-state index in [-0.39, 0.29) is 0 Å². The van der Waals surface area contributed by atoms with Crippen LogP contribution in [0.5, 0.6) is 11.5 Å². The van der Waals surface area contributed by atoms with Gasteiger partial charge in [-0.3, -0.25) is 0 Å². The molecule has 3 nitrogen and oxygen atoms in total. The predicted octanol–water partition coefficient (Wildman–Crippen LogP) is 6.53. The first-order chi connectivity index (χ1) is 13.3. The summed E-state index contributed by atoms with van der Waals surface area (Å²) in [7, 11) is 0. The Kier molecular flexibility index (Phi) is 4.75. The van der Waals surface area contributed by atoms with E-state index in [1.54, 1.807) is 0 Å². The van der Waals surface area contributed by atoms with Crippen LogP contribution in [-0.2, 0) is 0 Å². The monoisotopic (exact) mass is 352 g/mol. The van der Waals surface area contributed by atoms with Gasteiger partial charge in [-0.15, -0.1) is 0 Å². The Morgan fingerprint density at radius 3 is 1.37 bits per heavy atom. The van der Waals surface area contributed by atoms with E-state index in [1.807, 2.05) is 72.8 Å². The smallest absolute Gasteiger partial charge is 0.127 e. The molecule has 0 aliphatic carbocycles. The number of nitrogen functional groups attached to an aromatic ring is 1. The summed E-state index contributed by atoms with van der Waals surface area (Å²) in [6.07, 6.45) is 0.